The van der Waals surface area contributed by atoms with Crippen LogP contribution in [0.3, 0.4) is 0 Å². The molecule has 6 heteroatoms. The Labute approximate surface area is 161 Å². The number of nitrogens with zero attached hydrogens (tertiary/aromatic N) is 3. The maximum Gasteiger partial charge on any atom is 0.191 e. The van der Waals surface area contributed by atoms with Crippen LogP contribution in [0, 0.1) is 0 Å². The van der Waals surface area contributed by atoms with Crippen molar-refractivity contribution in [2.24, 2.45) is 4.99 Å². The van der Waals surface area contributed by atoms with Crippen molar-refractivity contribution in [1.82, 2.24) is 20.5 Å². The van der Waals surface area contributed by atoms with Gasteiger partial charge in [-0.15, -0.1) is 11.3 Å². The van der Waals surface area contributed by atoms with E-state index >= 15 is 0 Å². The van der Waals surface area contributed by atoms with E-state index in [2.05, 4.69) is 65.7 Å². The van der Waals surface area contributed by atoms with Crippen LogP contribution in [0.25, 0.3) is 11.3 Å². The van der Waals surface area contributed by atoms with E-state index in [1.807, 2.05) is 18.2 Å². The highest BCUT2D eigenvalue weighted by molar-refractivity contribution is 7.09. The summed E-state index contributed by atoms with van der Waals surface area (Å²) < 4.78 is 0. The molecule has 5 nitrogen and oxygen atoms in total. The molecule has 2 aromatic rings. The number of rotatable bonds is 8. The molecule has 0 amide bonds. The summed E-state index contributed by atoms with van der Waals surface area (Å²) in [6.45, 7) is 11.5. The van der Waals surface area contributed by atoms with E-state index in [0.717, 1.165) is 35.3 Å². The molecule has 1 aromatic heterocycles. The third-order valence-electron chi connectivity index (χ3n) is 4.24. The smallest absolute Gasteiger partial charge is 0.191 e. The molecule has 0 atom stereocenters. The Morgan fingerprint density at radius 3 is 2.42 bits per heavy atom. The zero-order valence-electron chi connectivity index (χ0n) is 16.5. The van der Waals surface area contributed by atoms with E-state index in [1.165, 1.54) is 0 Å². The SMILES string of the molecule is CN=C(NCCN(C(C)C)C(C)C)NCc1nc(-c2ccccc2)cs1. The van der Waals surface area contributed by atoms with Gasteiger partial charge in [0.1, 0.15) is 5.01 Å². The van der Waals surface area contributed by atoms with Crippen molar-refractivity contribution in [1.29, 1.82) is 0 Å². The Morgan fingerprint density at radius 1 is 1.12 bits per heavy atom. The lowest BCUT2D eigenvalue weighted by atomic mass is 10.2. The van der Waals surface area contributed by atoms with Gasteiger partial charge in [-0.05, 0) is 27.7 Å². The number of aliphatic imine (C=N–C) groups is 1. The van der Waals surface area contributed by atoms with Gasteiger partial charge in [0, 0.05) is 43.2 Å². The summed E-state index contributed by atoms with van der Waals surface area (Å²) in [5.41, 5.74) is 2.18. The molecule has 2 rings (SSSR count). The van der Waals surface area contributed by atoms with Crippen molar-refractivity contribution in [3.8, 4) is 11.3 Å². The maximum atomic E-state index is 4.71. The molecule has 0 unspecified atom stereocenters. The van der Waals surface area contributed by atoms with E-state index < -0.39 is 0 Å². The Bertz CT molecular complexity index is 671. The number of guanidine groups is 1. The van der Waals surface area contributed by atoms with Gasteiger partial charge in [-0.2, -0.15) is 0 Å². The van der Waals surface area contributed by atoms with Crippen LogP contribution in [-0.4, -0.2) is 48.1 Å². The normalized spacial score (nSPS) is 12.2. The van der Waals surface area contributed by atoms with E-state index in [9.17, 15) is 0 Å². The largest absolute Gasteiger partial charge is 0.355 e. The Balaban J connectivity index is 1.81. The highest BCUT2D eigenvalue weighted by atomic mass is 32.1. The van der Waals surface area contributed by atoms with Crippen molar-refractivity contribution in [3.63, 3.8) is 0 Å². The average Bonchev–Trinajstić information content (AvgIpc) is 3.10. The van der Waals surface area contributed by atoms with Gasteiger partial charge in [0.25, 0.3) is 0 Å². The fraction of sp³-hybridized carbons (Fsp3) is 0.500. The van der Waals surface area contributed by atoms with Crippen LogP contribution >= 0.6 is 11.3 Å². The second-order valence-electron chi connectivity index (χ2n) is 6.77. The Morgan fingerprint density at radius 2 is 1.81 bits per heavy atom. The van der Waals surface area contributed by atoms with Gasteiger partial charge in [0.2, 0.25) is 0 Å². The molecule has 0 aliphatic rings. The molecule has 1 aromatic carbocycles. The van der Waals surface area contributed by atoms with E-state index in [4.69, 9.17) is 4.98 Å². The zero-order chi connectivity index (χ0) is 18.9. The van der Waals surface area contributed by atoms with Crippen LogP contribution in [0.4, 0.5) is 0 Å². The van der Waals surface area contributed by atoms with Crippen LogP contribution in [0.1, 0.15) is 32.7 Å². The van der Waals surface area contributed by atoms with Crippen LogP contribution in [0.5, 0.6) is 0 Å². The second-order valence-corrected chi connectivity index (χ2v) is 7.71. The first kappa shape index (κ1) is 20.4. The standard InChI is InChI=1S/C20H31N5S/c1-15(2)25(16(3)4)12-11-22-20(21-5)23-13-19-24-18(14-26-19)17-9-7-6-8-10-17/h6-10,14-16H,11-13H2,1-5H3,(H2,21,22,23). The van der Waals surface area contributed by atoms with E-state index in [1.54, 1.807) is 18.4 Å². The third kappa shape index (κ3) is 6.11. The quantitative estimate of drug-likeness (QED) is 0.548. The molecule has 26 heavy (non-hydrogen) atoms. The van der Waals surface area contributed by atoms with Gasteiger partial charge in [0.15, 0.2) is 5.96 Å². The highest BCUT2D eigenvalue weighted by Gasteiger charge is 2.12. The summed E-state index contributed by atoms with van der Waals surface area (Å²) in [5, 5.41) is 9.90. The lowest BCUT2D eigenvalue weighted by molar-refractivity contribution is 0.178. The molecule has 2 N–H and O–H groups in total. The molecule has 0 bridgehead atoms. The maximum absolute atomic E-state index is 4.71. The molecule has 0 spiro atoms. The van der Waals surface area contributed by atoms with Crippen LogP contribution < -0.4 is 10.6 Å². The molecule has 0 saturated carbocycles. The van der Waals surface area contributed by atoms with Crippen molar-refractivity contribution >= 4 is 17.3 Å². The summed E-state index contributed by atoms with van der Waals surface area (Å²) in [6.07, 6.45) is 0. The third-order valence-corrected chi connectivity index (χ3v) is 5.09. The molecule has 0 aliphatic carbocycles. The number of hydrogen-bond acceptors (Lipinski definition) is 4. The lowest BCUT2D eigenvalue weighted by Crippen LogP contribution is -2.45. The predicted molar refractivity (Wildman–Crippen MR) is 113 cm³/mol. The number of thiazole rings is 1. The first-order valence-electron chi connectivity index (χ1n) is 9.21. The summed E-state index contributed by atoms with van der Waals surface area (Å²) in [6, 6.07) is 11.3. The van der Waals surface area contributed by atoms with Gasteiger partial charge < -0.3 is 10.6 Å². The van der Waals surface area contributed by atoms with Crippen molar-refractivity contribution in [2.45, 2.75) is 46.3 Å². The first-order valence-corrected chi connectivity index (χ1v) is 10.1. The van der Waals surface area contributed by atoms with Gasteiger partial charge in [-0.3, -0.25) is 9.89 Å². The van der Waals surface area contributed by atoms with Crippen molar-refractivity contribution in [3.05, 3.63) is 40.7 Å². The molecule has 1 heterocycles. The topological polar surface area (TPSA) is 52.6 Å². The van der Waals surface area contributed by atoms with E-state index in [-0.39, 0.29) is 0 Å². The molecular formula is C20H31N5S. The van der Waals surface area contributed by atoms with E-state index in [0.29, 0.717) is 18.6 Å². The predicted octanol–water partition coefficient (Wildman–Crippen LogP) is 3.59. The molecule has 0 fully saturated rings. The fourth-order valence-corrected chi connectivity index (χ4v) is 3.67. The zero-order valence-corrected chi connectivity index (χ0v) is 17.3. The second kappa shape index (κ2) is 10.3. The van der Waals surface area contributed by atoms with Crippen molar-refractivity contribution in [2.75, 3.05) is 20.1 Å². The fourth-order valence-electron chi connectivity index (χ4n) is 2.93. The van der Waals surface area contributed by atoms with Gasteiger partial charge in [-0.25, -0.2) is 4.98 Å². The van der Waals surface area contributed by atoms with Gasteiger partial charge in [-0.1, -0.05) is 30.3 Å². The van der Waals surface area contributed by atoms with Gasteiger partial charge >= 0.3 is 0 Å². The van der Waals surface area contributed by atoms with Crippen LogP contribution in [0.2, 0.25) is 0 Å². The summed E-state index contributed by atoms with van der Waals surface area (Å²) in [5.74, 6) is 0.814. The lowest BCUT2D eigenvalue weighted by Gasteiger charge is -2.30. The molecule has 0 radical (unpaired) electrons. The van der Waals surface area contributed by atoms with Crippen molar-refractivity contribution < 1.29 is 0 Å². The number of aromatic nitrogens is 1. The number of hydrogen-bond donors (Lipinski definition) is 2. The minimum absolute atomic E-state index is 0.540. The van der Waals surface area contributed by atoms with Crippen LogP contribution in [0.15, 0.2) is 40.7 Å². The Hall–Kier alpha value is -1.92. The summed E-state index contributed by atoms with van der Waals surface area (Å²) in [7, 11) is 1.80. The minimum atomic E-state index is 0.540. The molecular weight excluding hydrogens is 342 g/mol. The minimum Gasteiger partial charge on any atom is -0.355 e. The monoisotopic (exact) mass is 373 g/mol. The van der Waals surface area contributed by atoms with Gasteiger partial charge in [0.05, 0.1) is 12.2 Å². The average molecular weight is 374 g/mol. The van der Waals surface area contributed by atoms with Crippen LogP contribution in [-0.2, 0) is 6.54 Å². The molecule has 142 valence electrons. The molecule has 0 saturated heterocycles. The number of nitrogens with one attached hydrogen (secondary N) is 2. The molecule has 0 aliphatic heterocycles. The first-order chi connectivity index (χ1) is 12.5. The Kier molecular flexibility index (Phi) is 8.06. The summed E-state index contributed by atoms with van der Waals surface area (Å²) in [4.78, 5) is 11.5. The number of benzene rings is 1. The highest BCUT2D eigenvalue weighted by Crippen LogP contribution is 2.21. The summed E-state index contributed by atoms with van der Waals surface area (Å²) >= 11 is 1.67.